The van der Waals surface area contributed by atoms with Crippen molar-refractivity contribution in [1.82, 2.24) is 15.5 Å². The van der Waals surface area contributed by atoms with Crippen LogP contribution in [0, 0.1) is 5.82 Å². The molecule has 1 aliphatic heterocycles. The number of benzene rings is 1. The molecule has 0 amide bonds. The van der Waals surface area contributed by atoms with Crippen LogP contribution in [0.5, 0.6) is 0 Å². The lowest BCUT2D eigenvalue weighted by Crippen LogP contribution is -2.44. The van der Waals surface area contributed by atoms with Gasteiger partial charge in [-0.2, -0.15) is 0 Å². The molecule has 2 fully saturated rings. The predicted molar refractivity (Wildman–Crippen MR) is 103 cm³/mol. The maximum Gasteiger partial charge on any atom is 0.191 e. The summed E-state index contributed by atoms with van der Waals surface area (Å²) in [5.74, 6) is 0.689. The summed E-state index contributed by atoms with van der Waals surface area (Å²) in [6.07, 6.45) is 5.02. The topological polar surface area (TPSA) is 48.9 Å². The molecular formula is C20H31FN4O. The lowest BCUT2D eigenvalue weighted by Gasteiger charge is -2.34. The Balaban J connectivity index is 1.72. The van der Waals surface area contributed by atoms with Crippen molar-refractivity contribution in [2.75, 3.05) is 39.4 Å². The van der Waals surface area contributed by atoms with Crippen molar-refractivity contribution in [2.24, 2.45) is 4.99 Å². The van der Waals surface area contributed by atoms with Crippen LogP contribution in [0.2, 0.25) is 0 Å². The molecule has 0 aromatic heterocycles. The molecule has 3 rings (SSSR count). The Morgan fingerprint density at radius 2 is 1.92 bits per heavy atom. The molecule has 1 aromatic carbocycles. The number of nitrogens with zero attached hydrogens (tertiary/aromatic N) is 2. The van der Waals surface area contributed by atoms with Crippen LogP contribution in [0.4, 0.5) is 4.39 Å². The van der Waals surface area contributed by atoms with Gasteiger partial charge in [0.15, 0.2) is 5.96 Å². The molecular weight excluding hydrogens is 331 g/mol. The summed E-state index contributed by atoms with van der Waals surface area (Å²) in [5.41, 5.74) is 1.11. The van der Waals surface area contributed by atoms with Crippen molar-refractivity contribution in [3.63, 3.8) is 0 Å². The summed E-state index contributed by atoms with van der Waals surface area (Å²) in [5, 5.41) is 6.94. The fourth-order valence-corrected chi connectivity index (χ4v) is 3.77. The fourth-order valence-electron chi connectivity index (χ4n) is 3.77. The lowest BCUT2D eigenvalue weighted by molar-refractivity contribution is 0.0179. The Hall–Kier alpha value is -1.66. The van der Waals surface area contributed by atoms with Crippen LogP contribution in [-0.2, 0) is 4.74 Å². The second-order valence-corrected chi connectivity index (χ2v) is 7.06. The molecule has 1 unspecified atom stereocenters. The minimum absolute atomic E-state index is 0.138. The number of nitrogens with one attached hydrogen (secondary N) is 2. The zero-order valence-corrected chi connectivity index (χ0v) is 15.7. The summed E-state index contributed by atoms with van der Waals surface area (Å²) in [7, 11) is 0. The minimum Gasteiger partial charge on any atom is -0.379 e. The highest BCUT2D eigenvalue weighted by atomic mass is 19.1. The van der Waals surface area contributed by atoms with Gasteiger partial charge in [-0.05, 0) is 37.5 Å². The number of halogens is 1. The van der Waals surface area contributed by atoms with Gasteiger partial charge in [-0.15, -0.1) is 0 Å². The molecule has 2 aliphatic rings. The Kier molecular flexibility index (Phi) is 7.26. The molecule has 6 heteroatoms. The van der Waals surface area contributed by atoms with Crippen LogP contribution in [0.3, 0.4) is 0 Å². The summed E-state index contributed by atoms with van der Waals surface area (Å²) in [6.45, 7) is 6.81. The van der Waals surface area contributed by atoms with Gasteiger partial charge in [-0.3, -0.25) is 9.89 Å². The van der Waals surface area contributed by atoms with Gasteiger partial charge in [-0.1, -0.05) is 25.0 Å². The molecule has 0 spiro atoms. The molecule has 2 N–H and O–H groups in total. The summed E-state index contributed by atoms with van der Waals surface area (Å²) in [4.78, 5) is 7.26. The molecule has 5 nitrogen and oxygen atoms in total. The summed E-state index contributed by atoms with van der Waals surface area (Å²) >= 11 is 0. The molecule has 1 heterocycles. The van der Waals surface area contributed by atoms with Crippen molar-refractivity contribution < 1.29 is 9.13 Å². The Morgan fingerprint density at radius 3 is 2.58 bits per heavy atom. The fraction of sp³-hybridized carbons (Fsp3) is 0.650. The number of ether oxygens (including phenoxy) is 1. The van der Waals surface area contributed by atoms with Crippen LogP contribution in [0.1, 0.15) is 44.2 Å². The number of hydrogen-bond donors (Lipinski definition) is 2. The van der Waals surface area contributed by atoms with E-state index in [9.17, 15) is 4.39 Å². The highest BCUT2D eigenvalue weighted by Crippen LogP contribution is 2.23. The Bertz CT molecular complexity index is 566. The SMILES string of the molecule is CCNC(=NCC(c1ccc(F)cc1)N1CCOCC1)NC1CCCC1. The third-order valence-corrected chi connectivity index (χ3v) is 5.20. The molecule has 144 valence electrons. The van der Waals surface area contributed by atoms with Crippen LogP contribution < -0.4 is 10.6 Å². The van der Waals surface area contributed by atoms with E-state index in [0.29, 0.717) is 12.6 Å². The van der Waals surface area contributed by atoms with E-state index in [1.54, 1.807) is 0 Å². The minimum atomic E-state index is -0.200. The monoisotopic (exact) mass is 362 g/mol. The average molecular weight is 362 g/mol. The maximum atomic E-state index is 13.4. The third kappa shape index (κ3) is 5.42. The van der Waals surface area contributed by atoms with Crippen LogP contribution in [0.25, 0.3) is 0 Å². The molecule has 1 atom stereocenters. The molecule has 1 saturated carbocycles. The van der Waals surface area contributed by atoms with Crippen molar-refractivity contribution in [3.8, 4) is 0 Å². The zero-order valence-electron chi connectivity index (χ0n) is 15.7. The van der Waals surface area contributed by atoms with Crippen LogP contribution in [0.15, 0.2) is 29.3 Å². The first-order chi connectivity index (χ1) is 12.8. The Morgan fingerprint density at radius 1 is 1.23 bits per heavy atom. The van der Waals surface area contributed by atoms with E-state index in [1.165, 1.54) is 37.8 Å². The van der Waals surface area contributed by atoms with E-state index in [4.69, 9.17) is 9.73 Å². The second kappa shape index (κ2) is 9.88. The first-order valence-electron chi connectivity index (χ1n) is 9.88. The molecule has 0 radical (unpaired) electrons. The number of aliphatic imine (C=N–C) groups is 1. The van der Waals surface area contributed by atoms with Gasteiger partial charge in [0.05, 0.1) is 25.8 Å². The highest BCUT2D eigenvalue weighted by molar-refractivity contribution is 5.80. The first kappa shape index (κ1) is 19.1. The molecule has 1 aromatic rings. The lowest BCUT2D eigenvalue weighted by atomic mass is 10.0. The van der Waals surface area contributed by atoms with Crippen LogP contribution in [-0.4, -0.2) is 56.3 Å². The van der Waals surface area contributed by atoms with Crippen molar-refractivity contribution in [1.29, 1.82) is 0 Å². The van der Waals surface area contributed by atoms with Crippen molar-refractivity contribution in [3.05, 3.63) is 35.6 Å². The van der Waals surface area contributed by atoms with Crippen molar-refractivity contribution >= 4 is 5.96 Å². The summed E-state index contributed by atoms with van der Waals surface area (Å²) < 4.78 is 18.8. The van der Waals surface area contributed by atoms with Gasteiger partial charge < -0.3 is 15.4 Å². The van der Waals surface area contributed by atoms with Crippen LogP contribution >= 0.6 is 0 Å². The van der Waals surface area contributed by atoms with Gasteiger partial charge >= 0.3 is 0 Å². The smallest absolute Gasteiger partial charge is 0.191 e. The average Bonchev–Trinajstić information content (AvgIpc) is 3.17. The Labute approximate surface area is 156 Å². The second-order valence-electron chi connectivity index (χ2n) is 7.06. The normalized spacial score (nSPS) is 20.9. The molecule has 26 heavy (non-hydrogen) atoms. The van der Waals surface area contributed by atoms with Crippen molar-refractivity contribution in [2.45, 2.75) is 44.7 Å². The number of guanidine groups is 1. The van der Waals surface area contributed by atoms with Gasteiger partial charge in [-0.25, -0.2) is 4.39 Å². The van der Waals surface area contributed by atoms with Gasteiger partial charge in [0.25, 0.3) is 0 Å². The third-order valence-electron chi connectivity index (χ3n) is 5.20. The quantitative estimate of drug-likeness (QED) is 0.603. The van der Waals surface area contributed by atoms with Gasteiger partial charge in [0.1, 0.15) is 5.82 Å². The molecule has 1 saturated heterocycles. The maximum absolute atomic E-state index is 13.4. The zero-order chi connectivity index (χ0) is 18.2. The molecule has 0 bridgehead atoms. The van der Waals surface area contributed by atoms with E-state index in [-0.39, 0.29) is 11.9 Å². The van der Waals surface area contributed by atoms with E-state index in [0.717, 1.165) is 44.4 Å². The van der Waals surface area contributed by atoms with E-state index in [2.05, 4.69) is 22.5 Å². The first-order valence-corrected chi connectivity index (χ1v) is 9.88. The predicted octanol–water partition coefficient (Wildman–Crippen LogP) is 2.70. The standard InChI is InChI=1S/C20H31FN4O/c1-2-22-20(24-18-5-3-4-6-18)23-15-19(25-11-13-26-14-12-25)16-7-9-17(21)10-8-16/h7-10,18-19H,2-6,11-15H2,1H3,(H2,22,23,24). The van der Waals surface area contributed by atoms with Gasteiger partial charge in [0, 0.05) is 25.7 Å². The van der Waals surface area contributed by atoms with E-state index < -0.39 is 0 Å². The van der Waals surface area contributed by atoms with E-state index in [1.807, 2.05) is 12.1 Å². The van der Waals surface area contributed by atoms with E-state index >= 15 is 0 Å². The summed E-state index contributed by atoms with van der Waals surface area (Å²) in [6, 6.07) is 7.49. The van der Waals surface area contributed by atoms with Gasteiger partial charge in [0.2, 0.25) is 0 Å². The molecule has 1 aliphatic carbocycles. The highest BCUT2D eigenvalue weighted by Gasteiger charge is 2.23. The number of morpholine rings is 1. The number of rotatable bonds is 6. The number of hydrogen-bond acceptors (Lipinski definition) is 3. The largest absolute Gasteiger partial charge is 0.379 e.